The summed E-state index contributed by atoms with van der Waals surface area (Å²) in [7, 11) is 0. The number of nitrogens with one attached hydrogen (secondary N) is 1. The Bertz CT molecular complexity index is 1350. The highest BCUT2D eigenvalue weighted by Crippen LogP contribution is 2.35. The molecule has 0 aliphatic carbocycles. The third kappa shape index (κ3) is 4.22. The summed E-state index contributed by atoms with van der Waals surface area (Å²) >= 11 is 0. The van der Waals surface area contributed by atoms with Crippen molar-refractivity contribution in [1.82, 2.24) is 20.1 Å². The summed E-state index contributed by atoms with van der Waals surface area (Å²) in [6.45, 7) is 1.62. The number of fused-ring (bicyclic) bond motifs is 1. The smallest absolute Gasteiger partial charge is 0.274 e. The van der Waals surface area contributed by atoms with E-state index in [2.05, 4.69) is 15.4 Å². The fourth-order valence-corrected chi connectivity index (χ4v) is 4.66. The summed E-state index contributed by atoms with van der Waals surface area (Å²) in [5.41, 5.74) is 1.73. The van der Waals surface area contributed by atoms with Crippen LogP contribution in [0.15, 0.2) is 83.9 Å². The number of amides is 1. The fourth-order valence-electron chi connectivity index (χ4n) is 4.66. The molecule has 0 spiro atoms. The number of carbonyl (C=O) groups excluding carboxylic acids is 1. The second kappa shape index (κ2) is 9.57. The number of rotatable bonds is 6. The van der Waals surface area contributed by atoms with Crippen LogP contribution in [0, 0.1) is 0 Å². The Labute approximate surface area is 197 Å². The zero-order valence-corrected chi connectivity index (χ0v) is 18.8. The van der Waals surface area contributed by atoms with Crippen LogP contribution in [0.25, 0.3) is 10.8 Å². The van der Waals surface area contributed by atoms with E-state index >= 15 is 0 Å². The van der Waals surface area contributed by atoms with Gasteiger partial charge in [0.05, 0.1) is 29.6 Å². The molecular weight excluding hydrogens is 428 g/mol. The molecule has 3 heterocycles. The summed E-state index contributed by atoms with van der Waals surface area (Å²) in [6.07, 6.45) is 4.66. The van der Waals surface area contributed by atoms with Gasteiger partial charge in [-0.1, -0.05) is 54.6 Å². The maximum Gasteiger partial charge on any atom is 0.274 e. The van der Waals surface area contributed by atoms with E-state index in [9.17, 15) is 9.59 Å². The highest BCUT2D eigenvalue weighted by Gasteiger charge is 2.41. The van der Waals surface area contributed by atoms with Crippen molar-refractivity contribution in [3.05, 3.63) is 106 Å². The molecule has 0 atom stereocenters. The molecule has 0 saturated carbocycles. The standard InChI is InChI=1S/C27H26N4O3/c32-25-23-11-5-4-10-22(23)24(30-31(25)19-20-7-6-14-28-17-20)18-29-26(33)27(12-15-34-16-13-27)21-8-2-1-3-9-21/h1-11,14,17H,12-13,15-16,18-19H2,(H,29,33). The summed E-state index contributed by atoms with van der Waals surface area (Å²) in [6, 6.07) is 21.0. The van der Waals surface area contributed by atoms with Crippen LogP contribution in [0.4, 0.5) is 0 Å². The lowest BCUT2D eigenvalue weighted by Crippen LogP contribution is -2.48. The molecule has 1 aliphatic heterocycles. The Balaban J connectivity index is 1.47. The van der Waals surface area contributed by atoms with Crippen molar-refractivity contribution in [3.63, 3.8) is 0 Å². The predicted molar refractivity (Wildman–Crippen MR) is 129 cm³/mol. The topological polar surface area (TPSA) is 86.1 Å². The number of benzene rings is 2. The van der Waals surface area contributed by atoms with Crippen LogP contribution in [0.3, 0.4) is 0 Å². The molecular formula is C27H26N4O3. The van der Waals surface area contributed by atoms with Crippen molar-refractivity contribution in [3.8, 4) is 0 Å². The molecule has 34 heavy (non-hydrogen) atoms. The van der Waals surface area contributed by atoms with Crippen molar-refractivity contribution in [2.24, 2.45) is 0 Å². The van der Waals surface area contributed by atoms with E-state index in [4.69, 9.17) is 4.74 Å². The first-order valence-corrected chi connectivity index (χ1v) is 11.5. The molecule has 1 fully saturated rings. The molecule has 7 heteroatoms. The monoisotopic (exact) mass is 454 g/mol. The molecule has 172 valence electrons. The molecule has 2 aromatic heterocycles. The maximum absolute atomic E-state index is 13.6. The Morgan fingerprint density at radius 2 is 1.71 bits per heavy atom. The van der Waals surface area contributed by atoms with E-state index in [0.29, 0.717) is 43.7 Å². The molecule has 2 aromatic carbocycles. The number of pyridine rings is 1. The second-order valence-electron chi connectivity index (χ2n) is 8.56. The van der Waals surface area contributed by atoms with Crippen LogP contribution in [0.2, 0.25) is 0 Å². The highest BCUT2D eigenvalue weighted by molar-refractivity contribution is 5.89. The SMILES string of the molecule is O=C(NCc1nn(Cc2cccnc2)c(=O)c2ccccc12)C1(c2ccccc2)CCOCC1. The highest BCUT2D eigenvalue weighted by atomic mass is 16.5. The molecule has 4 aromatic rings. The Morgan fingerprint density at radius 3 is 2.44 bits per heavy atom. The van der Waals surface area contributed by atoms with E-state index in [-0.39, 0.29) is 18.0 Å². The molecule has 5 rings (SSSR count). The van der Waals surface area contributed by atoms with Crippen molar-refractivity contribution >= 4 is 16.7 Å². The van der Waals surface area contributed by atoms with Gasteiger partial charge in [-0.3, -0.25) is 14.6 Å². The summed E-state index contributed by atoms with van der Waals surface area (Å²) in [5, 5.41) is 9.10. The summed E-state index contributed by atoms with van der Waals surface area (Å²) in [5.74, 6) is -0.0436. The molecule has 1 N–H and O–H groups in total. The third-order valence-electron chi connectivity index (χ3n) is 6.52. The second-order valence-corrected chi connectivity index (χ2v) is 8.56. The Kier molecular flexibility index (Phi) is 6.18. The van der Waals surface area contributed by atoms with Crippen LogP contribution in [-0.2, 0) is 28.0 Å². The minimum atomic E-state index is -0.639. The largest absolute Gasteiger partial charge is 0.381 e. The average molecular weight is 455 g/mol. The number of carbonyl (C=O) groups is 1. The molecule has 0 radical (unpaired) electrons. The summed E-state index contributed by atoms with van der Waals surface area (Å²) < 4.78 is 7.01. The van der Waals surface area contributed by atoms with Gasteiger partial charge in [0, 0.05) is 31.0 Å². The molecule has 0 unspecified atom stereocenters. The van der Waals surface area contributed by atoms with Gasteiger partial charge in [-0.25, -0.2) is 4.68 Å². The van der Waals surface area contributed by atoms with Crippen molar-refractivity contribution in [2.45, 2.75) is 31.3 Å². The van der Waals surface area contributed by atoms with Gasteiger partial charge in [-0.05, 0) is 36.1 Å². The quantitative estimate of drug-likeness (QED) is 0.484. The van der Waals surface area contributed by atoms with Crippen molar-refractivity contribution in [1.29, 1.82) is 0 Å². The lowest BCUT2D eigenvalue weighted by Gasteiger charge is -2.36. The minimum Gasteiger partial charge on any atom is -0.381 e. The van der Waals surface area contributed by atoms with Gasteiger partial charge in [0.15, 0.2) is 0 Å². The van der Waals surface area contributed by atoms with Gasteiger partial charge in [-0.2, -0.15) is 5.10 Å². The number of ether oxygens (including phenoxy) is 1. The number of hydrogen-bond acceptors (Lipinski definition) is 5. The number of aromatic nitrogens is 3. The first-order chi connectivity index (χ1) is 16.7. The molecule has 0 bridgehead atoms. The predicted octanol–water partition coefficient (Wildman–Crippen LogP) is 3.20. The molecule has 1 aliphatic rings. The van der Waals surface area contributed by atoms with Crippen molar-refractivity contribution < 1.29 is 9.53 Å². The van der Waals surface area contributed by atoms with Gasteiger partial charge in [0.1, 0.15) is 0 Å². The van der Waals surface area contributed by atoms with E-state index in [1.807, 2.05) is 60.7 Å². The van der Waals surface area contributed by atoms with Gasteiger partial charge >= 0.3 is 0 Å². The first-order valence-electron chi connectivity index (χ1n) is 11.5. The van der Waals surface area contributed by atoms with E-state index < -0.39 is 5.41 Å². The van der Waals surface area contributed by atoms with E-state index in [1.54, 1.807) is 18.5 Å². The zero-order chi connectivity index (χ0) is 23.4. The molecule has 1 amide bonds. The lowest BCUT2D eigenvalue weighted by atomic mass is 9.73. The maximum atomic E-state index is 13.6. The number of hydrogen-bond donors (Lipinski definition) is 1. The number of nitrogens with zero attached hydrogens (tertiary/aromatic N) is 3. The average Bonchev–Trinajstić information content (AvgIpc) is 2.91. The lowest BCUT2D eigenvalue weighted by molar-refractivity contribution is -0.130. The van der Waals surface area contributed by atoms with Gasteiger partial charge in [0.2, 0.25) is 5.91 Å². The van der Waals surface area contributed by atoms with Crippen LogP contribution in [-0.4, -0.2) is 33.9 Å². The Morgan fingerprint density at radius 1 is 0.971 bits per heavy atom. The Hall–Kier alpha value is -3.84. The first kappa shape index (κ1) is 22.0. The minimum absolute atomic E-state index is 0.0436. The van der Waals surface area contributed by atoms with Gasteiger partial charge < -0.3 is 10.1 Å². The van der Waals surface area contributed by atoms with Crippen LogP contribution >= 0.6 is 0 Å². The molecule has 1 saturated heterocycles. The van der Waals surface area contributed by atoms with Gasteiger partial charge in [-0.15, -0.1) is 0 Å². The van der Waals surface area contributed by atoms with Crippen LogP contribution < -0.4 is 10.9 Å². The molecule has 7 nitrogen and oxygen atoms in total. The normalized spacial score (nSPS) is 15.2. The zero-order valence-electron chi connectivity index (χ0n) is 18.8. The fraction of sp³-hybridized carbons (Fsp3) is 0.259. The summed E-state index contributed by atoms with van der Waals surface area (Å²) in [4.78, 5) is 30.8. The van der Waals surface area contributed by atoms with Crippen molar-refractivity contribution in [2.75, 3.05) is 13.2 Å². The van der Waals surface area contributed by atoms with Crippen LogP contribution in [0.5, 0.6) is 0 Å². The van der Waals surface area contributed by atoms with Gasteiger partial charge in [0.25, 0.3) is 5.56 Å². The van der Waals surface area contributed by atoms with Crippen LogP contribution in [0.1, 0.15) is 29.7 Å². The third-order valence-corrected chi connectivity index (χ3v) is 6.52. The van der Waals surface area contributed by atoms with E-state index in [1.165, 1.54) is 4.68 Å². The van der Waals surface area contributed by atoms with E-state index in [0.717, 1.165) is 16.5 Å².